The minimum atomic E-state index is 0.453. The number of rotatable bonds is 6. The van der Waals surface area contributed by atoms with E-state index >= 15 is 0 Å². The van der Waals surface area contributed by atoms with Crippen molar-refractivity contribution >= 4 is 11.3 Å². The number of ether oxygens (including phenoxy) is 2. The number of nitrogens with zero attached hydrogens (tertiary/aromatic N) is 2. The smallest absolute Gasteiger partial charge is 0.131 e. The van der Waals surface area contributed by atoms with Gasteiger partial charge in [-0.1, -0.05) is 11.3 Å². The van der Waals surface area contributed by atoms with Crippen molar-refractivity contribution in [2.45, 2.75) is 25.3 Å². The van der Waals surface area contributed by atoms with Crippen LogP contribution in [0.15, 0.2) is 0 Å². The van der Waals surface area contributed by atoms with Gasteiger partial charge in [0.05, 0.1) is 13.2 Å². The summed E-state index contributed by atoms with van der Waals surface area (Å²) in [6, 6.07) is 0. The number of nitrogens with one attached hydrogen (secondary N) is 1. The molecule has 1 fully saturated rings. The summed E-state index contributed by atoms with van der Waals surface area (Å²) in [5.74, 6) is 0.453. The molecule has 0 spiro atoms. The van der Waals surface area contributed by atoms with Crippen LogP contribution in [0.3, 0.4) is 0 Å². The molecule has 0 aliphatic carbocycles. The van der Waals surface area contributed by atoms with Gasteiger partial charge in [-0.2, -0.15) is 0 Å². The summed E-state index contributed by atoms with van der Waals surface area (Å²) in [5.41, 5.74) is 0. The quantitative estimate of drug-likeness (QED) is 0.775. The Kier molecular flexibility index (Phi) is 5.31. The van der Waals surface area contributed by atoms with Gasteiger partial charge in [0, 0.05) is 32.7 Å². The van der Waals surface area contributed by atoms with Crippen molar-refractivity contribution in [3.05, 3.63) is 10.0 Å². The van der Waals surface area contributed by atoms with Gasteiger partial charge in [0.1, 0.15) is 10.0 Å². The molecule has 1 aromatic heterocycles. The molecule has 1 N–H and O–H groups in total. The van der Waals surface area contributed by atoms with Crippen molar-refractivity contribution in [1.82, 2.24) is 15.5 Å². The maximum atomic E-state index is 5.47. The van der Waals surface area contributed by atoms with Crippen molar-refractivity contribution in [2.24, 2.45) is 0 Å². The average molecular weight is 257 g/mol. The molecular formula is C11H19N3O2S. The van der Waals surface area contributed by atoms with E-state index in [9.17, 15) is 0 Å². The maximum absolute atomic E-state index is 5.47. The fourth-order valence-corrected chi connectivity index (χ4v) is 2.74. The molecular weight excluding hydrogens is 238 g/mol. The second kappa shape index (κ2) is 7.00. The van der Waals surface area contributed by atoms with E-state index in [1.54, 1.807) is 18.4 Å². The Morgan fingerprint density at radius 1 is 1.53 bits per heavy atom. The summed E-state index contributed by atoms with van der Waals surface area (Å²) in [6.45, 7) is 4.03. The van der Waals surface area contributed by atoms with Crippen LogP contribution >= 0.6 is 11.3 Å². The number of methoxy groups -OCH3 is 1. The van der Waals surface area contributed by atoms with Gasteiger partial charge < -0.3 is 14.8 Å². The largest absolute Gasteiger partial charge is 0.383 e. The van der Waals surface area contributed by atoms with E-state index in [4.69, 9.17) is 9.47 Å². The Hall–Kier alpha value is -0.560. The van der Waals surface area contributed by atoms with E-state index in [1.807, 2.05) is 0 Å². The molecule has 0 amide bonds. The number of hydrogen-bond donors (Lipinski definition) is 1. The highest BCUT2D eigenvalue weighted by Crippen LogP contribution is 2.27. The van der Waals surface area contributed by atoms with E-state index < -0.39 is 0 Å². The molecule has 1 unspecified atom stereocenters. The van der Waals surface area contributed by atoms with Gasteiger partial charge in [-0.3, -0.25) is 0 Å². The van der Waals surface area contributed by atoms with E-state index in [2.05, 4.69) is 15.5 Å². The van der Waals surface area contributed by atoms with E-state index in [0.717, 1.165) is 49.3 Å². The first-order valence-electron chi connectivity index (χ1n) is 6.00. The fourth-order valence-electron chi connectivity index (χ4n) is 1.81. The molecule has 1 aliphatic heterocycles. The summed E-state index contributed by atoms with van der Waals surface area (Å²) in [5, 5.41) is 13.9. The van der Waals surface area contributed by atoms with Gasteiger partial charge in [-0.05, 0) is 12.8 Å². The van der Waals surface area contributed by atoms with Crippen LogP contribution in [-0.4, -0.2) is 43.7 Å². The molecule has 6 heteroatoms. The Morgan fingerprint density at radius 2 is 2.47 bits per heavy atom. The lowest BCUT2D eigenvalue weighted by Crippen LogP contribution is -2.18. The van der Waals surface area contributed by atoms with Crippen molar-refractivity contribution in [3.8, 4) is 0 Å². The summed E-state index contributed by atoms with van der Waals surface area (Å²) in [6.07, 6.45) is 2.30. The monoisotopic (exact) mass is 257 g/mol. The van der Waals surface area contributed by atoms with E-state index in [-0.39, 0.29) is 0 Å². The lowest BCUT2D eigenvalue weighted by molar-refractivity contribution is 0.0802. The molecule has 2 rings (SSSR count). The zero-order valence-corrected chi connectivity index (χ0v) is 11.0. The highest BCUT2D eigenvalue weighted by molar-refractivity contribution is 7.11. The molecule has 0 bridgehead atoms. The Balaban J connectivity index is 1.78. The first kappa shape index (κ1) is 12.9. The maximum Gasteiger partial charge on any atom is 0.131 e. The van der Waals surface area contributed by atoms with Crippen LogP contribution < -0.4 is 5.32 Å². The summed E-state index contributed by atoms with van der Waals surface area (Å²) >= 11 is 1.69. The third kappa shape index (κ3) is 3.99. The molecule has 1 atom stereocenters. The molecule has 1 saturated heterocycles. The summed E-state index contributed by atoms with van der Waals surface area (Å²) in [7, 11) is 1.70. The third-order valence-electron chi connectivity index (χ3n) is 2.75. The highest BCUT2D eigenvalue weighted by Gasteiger charge is 2.19. The van der Waals surface area contributed by atoms with Gasteiger partial charge >= 0.3 is 0 Å². The van der Waals surface area contributed by atoms with Crippen molar-refractivity contribution in [2.75, 3.05) is 33.5 Å². The topological polar surface area (TPSA) is 56.3 Å². The molecule has 0 saturated carbocycles. The zero-order chi connectivity index (χ0) is 11.9. The van der Waals surface area contributed by atoms with Crippen molar-refractivity contribution in [3.63, 3.8) is 0 Å². The SMILES string of the molecule is COCCNCc1nnc(C2CCCOC2)s1. The molecule has 0 radical (unpaired) electrons. The van der Waals surface area contributed by atoms with Crippen LogP contribution in [0.4, 0.5) is 0 Å². The van der Waals surface area contributed by atoms with Crippen molar-refractivity contribution < 1.29 is 9.47 Å². The predicted octanol–water partition coefficient (Wildman–Crippen LogP) is 1.17. The second-order valence-corrected chi connectivity index (χ2v) is 5.21. The zero-order valence-electron chi connectivity index (χ0n) is 10.1. The van der Waals surface area contributed by atoms with Gasteiger partial charge in [0.25, 0.3) is 0 Å². The second-order valence-electron chi connectivity index (χ2n) is 4.12. The Morgan fingerprint density at radius 3 is 3.24 bits per heavy atom. The van der Waals surface area contributed by atoms with Crippen LogP contribution in [0, 0.1) is 0 Å². The van der Waals surface area contributed by atoms with Crippen LogP contribution in [0.2, 0.25) is 0 Å². The minimum Gasteiger partial charge on any atom is -0.383 e. The lowest BCUT2D eigenvalue weighted by Gasteiger charge is -2.19. The van der Waals surface area contributed by atoms with Crippen LogP contribution in [0.25, 0.3) is 0 Å². The average Bonchev–Trinajstić information content (AvgIpc) is 2.85. The van der Waals surface area contributed by atoms with Gasteiger partial charge in [-0.25, -0.2) is 0 Å². The minimum absolute atomic E-state index is 0.453. The first-order valence-corrected chi connectivity index (χ1v) is 6.81. The molecule has 2 heterocycles. The van der Waals surface area contributed by atoms with Crippen LogP contribution in [0.5, 0.6) is 0 Å². The Bertz CT molecular complexity index is 326. The van der Waals surface area contributed by atoms with E-state index in [0.29, 0.717) is 5.92 Å². The molecule has 96 valence electrons. The third-order valence-corrected chi connectivity index (χ3v) is 3.84. The summed E-state index contributed by atoms with van der Waals surface area (Å²) in [4.78, 5) is 0. The highest BCUT2D eigenvalue weighted by atomic mass is 32.1. The Labute approximate surface area is 106 Å². The van der Waals surface area contributed by atoms with Crippen molar-refractivity contribution in [1.29, 1.82) is 0 Å². The summed E-state index contributed by atoms with van der Waals surface area (Å²) < 4.78 is 10.4. The molecule has 1 aromatic rings. The lowest BCUT2D eigenvalue weighted by atomic mass is 10.0. The van der Waals surface area contributed by atoms with E-state index in [1.165, 1.54) is 6.42 Å². The molecule has 1 aliphatic rings. The number of hydrogen-bond acceptors (Lipinski definition) is 6. The van der Waals surface area contributed by atoms with Crippen LogP contribution in [-0.2, 0) is 16.0 Å². The molecule has 5 nitrogen and oxygen atoms in total. The molecule has 17 heavy (non-hydrogen) atoms. The predicted molar refractivity (Wildman–Crippen MR) is 66.3 cm³/mol. The normalized spacial score (nSPS) is 20.6. The first-order chi connectivity index (χ1) is 8.40. The number of aromatic nitrogens is 2. The van der Waals surface area contributed by atoms with Crippen LogP contribution in [0.1, 0.15) is 28.8 Å². The van der Waals surface area contributed by atoms with Gasteiger partial charge in [0.15, 0.2) is 0 Å². The van der Waals surface area contributed by atoms with Gasteiger partial charge in [-0.15, -0.1) is 10.2 Å². The van der Waals surface area contributed by atoms with Gasteiger partial charge in [0.2, 0.25) is 0 Å². The standard InChI is InChI=1S/C11H19N3O2S/c1-15-6-4-12-7-10-13-14-11(17-10)9-3-2-5-16-8-9/h9,12H,2-8H2,1H3. The molecule has 0 aromatic carbocycles. The fraction of sp³-hybridized carbons (Fsp3) is 0.818.